The van der Waals surface area contributed by atoms with Gasteiger partial charge in [0.15, 0.2) is 0 Å². The second-order valence-electron chi connectivity index (χ2n) is 5.92. The molecule has 0 spiro atoms. The Labute approximate surface area is 145 Å². The van der Waals surface area contributed by atoms with Gasteiger partial charge < -0.3 is 10.3 Å². The number of carbonyl (C=O) groups is 1. The summed E-state index contributed by atoms with van der Waals surface area (Å²) in [6, 6.07) is 14.7. The predicted molar refractivity (Wildman–Crippen MR) is 96.6 cm³/mol. The van der Waals surface area contributed by atoms with Crippen LogP contribution in [0.15, 0.2) is 48.5 Å². The Morgan fingerprint density at radius 2 is 1.88 bits per heavy atom. The zero-order valence-corrected chi connectivity index (χ0v) is 13.9. The van der Waals surface area contributed by atoms with E-state index in [0.717, 1.165) is 22.2 Å². The van der Waals surface area contributed by atoms with Crippen molar-refractivity contribution in [1.82, 2.24) is 10.3 Å². The van der Waals surface area contributed by atoms with Crippen LogP contribution in [0.1, 0.15) is 23.7 Å². The predicted octanol–water partition coefficient (Wildman–Crippen LogP) is 3.35. The number of benzene rings is 2. The van der Waals surface area contributed by atoms with Crippen molar-refractivity contribution in [3.8, 4) is 0 Å². The van der Waals surface area contributed by atoms with Crippen LogP contribution in [-0.2, 0) is 17.6 Å². The summed E-state index contributed by atoms with van der Waals surface area (Å²) in [5.41, 5.74) is 3.81. The third-order valence-electron chi connectivity index (χ3n) is 4.21. The van der Waals surface area contributed by atoms with Gasteiger partial charge in [0.2, 0.25) is 5.91 Å². The van der Waals surface area contributed by atoms with Gasteiger partial charge in [-0.1, -0.05) is 36.4 Å². The molecule has 128 valence electrons. The molecule has 0 saturated carbocycles. The van der Waals surface area contributed by atoms with Crippen LogP contribution in [0.5, 0.6) is 0 Å². The summed E-state index contributed by atoms with van der Waals surface area (Å²) in [5, 5.41) is 15.2. The van der Waals surface area contributed by atoms with E-state index in [2.05, 4.69) is 10.3 Å². The molecule has 0 atom stereocenters. The molecule has 6 heteroatoms. The Morgan fingerprint density at radius 1 is 1.16 bits per heavy atom. The highest BCUT2D eigenvalue weighted by atomic mass is 16.6. The topological polar surface area (TPSA) is 88.0 Å². The van der Waals surface area contributed by atoms with Crippen molar-refractivity contribution in [3.63, 3.8) is 0 Å². The Hall–Kier alpha value is -3.15. The molecule has 6 nitrogen and oxygen atoms in total. The fraction of sp³-hybridized carbons (Fsp3) is 0.211. The van der Waals surface area contributed by atoms with Crippen LogP contribution in [-0.4, -0.2) is 22.4 Å². The Morgan fingerprint density at radius 3 is 2.64 bits per heavy atom. The highest BCUT2D eigenvalue weighted by Crippen LogP contribution is 2.27. The first-order valence-electron chi connectivity index (χ1n) is 8.11. The maximum Gasteiger partial charge on any atom is 0.272 e. The maximum atomic E-state index is 11.3. The number of nitrogens with one attached hydrogen (secondary N) is 2. The number of hydrogen-bond donors (Lipinski definition) is 2. The summed E-state index contributed by atoms with van der Waals surface area (Å²) in [5.74, 6) is -0.0694. The number of aromatic amines is 1. The number of nitro benzene ring substituents is 1. The van der Waals surface area contributed by atoms with E-state index >= 15 is 0 Å². The fourth-order valence-corrected chi connectivity index (χ4v) is 3.08. The van der Waals surface area contributed by atoms with Gasteiger partial charge in [0.05, 0.1) is 4.92 Å². The zero-order valence-electron chi connectivity index (χ0n) is 13.9. The summed E-state index contributed by atoms with van der Waals surface area (Å²) in [7, 11) is 0. The van der Waals surface area contributed by atoms with E-state index in [1.54, 1.807) is 12.1 Å². The van der Waals surface area contributed by atoms with E-state index < -0.39 is 0 Å². The number of para-hydroxylation sites is 2. The molecular weight excluding hydrogens is 318 g/mol. The molecule has 0 unspecified atom stereocenters. The first kappa shape index (κ1) is 16.7. The number of rotatable bonds is 6. The number of fused-ring (bicyclic) bond motifs is 1. The van der Waals surface area contributed by atoms with E-state index in [-0.39, 0.29) is 16.5 Å². The lowest BCUT2D eigenvalue weighted by Gasteiger charge is -2.07. The van der Waals surface area contributed by atoms with Gasteiger partial charge >= 0.3 is 0 Å². The third kappa shape index (κ3) is 3.68. The largest absolute Gasteiger partial charge is 0.358 e. The molecule has 1 amide bonds. The number of carbonyl (C=O) groups excluding carboxylic acids is 1. The molecule has 1 aromatic heterocycles. The summed E-state index contributed by atoms with van der Waals surface area (Å²) >= 11 is 0. The summed E-state index contributed by atoms with van der Waals surface area (Å²) in [4.78, 5) is 25.4. The summed E-state index contributed by atoms with van der Waals surface area (Å²) < 4.78 is 0. The molecule has 2 N–H and O–H groups in total. The highest BCUT2D eigenvalue weighted by molar-refractivity contribution is 5.85. The Bertz CT molecular complexity index is 931. The van der Waals surface area contributed by atoms with Crippen LogP contribution in [0.3, 0.4) is 0 Å². The van der Waals surface area contributed by atoms with Crippen molar-refractivity contribution in [2.24, 2.45) is 0 Å². The van der Waals surface area contributed by atoms with Gasteiger partial charge in [-0.05, 0) is 18.1 Å². The monoisotopic (exact) mass is 337 g/mol. The van der Waals surface area contributed by atoms with Crippen molar-refractivity contribution in [3.05, 3.63) is 75.5 Å². The molecule has 0 aliphatic heterocycles. The van der Waals surface area contributed by atoms with Gasteiger partial charge in [0.1, 0.15) is 0 Å². The minimum atomic E-state index is -0.352. The smallest absolute Gasteiger partial charge is 0.272 e. The molecule has 0 aliphatic rings. The number of amides is 1. The lowest BCUT2D eigenvalue weighted by Crippen LogP contribution is -2.22. The van der Waals surface area contributed by atoms with Gasteiger partial charge in [-0.2, -0.15) is 0 Å². The lowest BCUT2D eigenvalue weighted by molar-refractivity contribution is -0.385. The molecule has 3 rings (SSSR count). The molecule has 1 heterocycles. The van der Waals surface area contributed by atoms with Crippen LogP contribution in [0.25, 0.3) is 10.9 Å². The normalized spacial score (nSPS) is 10.8. The average Bonchev–Trinajstić information content (AvgIpc) is 2.92. The van der Waals surface area contributed by atoms with Gasteiger partial charge in [-0.3, -0.25) is 14.9 Å². The second-order valence-corrected chi connectivity index (χ2v) is 5.92. The van der Waals surface area contributed by atoms with E-state index in [9.17, 15) is 14.9 Å². The van der Waals surface area contributed by atoms with E-state index in [1.807, 2.05) is 30.3 Å². The minimum absolute atomic E-state index is 0.0694. The Kier molecular flexibility index (Phi) is 4.79. The van der Waals surface area contributed by atoms with Crippen LogP contribution < -0.4 is 5.32 Å². The van der Waals surface area contributed by atoms with Gasteiger partial charge in [0.25, 0.3) is 5.69 Å². The van der Waals surface area contributed by atoms with E-state index in [1.165, 1.54) is 13.0 Å². The first-order chi connectivity index (χ1) is 12.1. The molecule has 25 heavy (non-hydrogen) atoms. The van der Waals surface area contributed by atoms with Crippen molar-refractivity contribution >= 4 is 22.5 Å². The van der Waals surface area contributed by atoms with Gasteiger partial charge in [-0.15, -0.1) is 0 Å². The number of aromatic nitrogens is 1. The van der Waals surface area contributed by atoms with Crippen LogP contribution in [0.4, 0.5) is 5.69 Å². The summed E-state index contributed by atoms with van der Waals surface area (Å²) in [6.45, 7) is 2.02. The molecule has 3 aromatic rings. The maximum absolute atomic E-state index is 11.3. The van der Waals surface area contributed by atoms with Crippen molar-refractivity contribution < 1.29 is 9.72 Å². The van der Waals surface area contributed by atoms with Crippen molar-refractivity contribution in [2.45, 2.75) is 19.8 Å². The molecule has 0 bridgehead atoms. The molecule has 0 saturated heterocycles. The zero-order chi connectivity index (χ0) is 17.8. The fourth-order valence-electron chi connectivity index (χ4n) is 3.08. The van der Waals surface area contributed by atoms with Crippen LogP contribution in [0, 0.1) is 10.1 Å². The summed E-state index contributed by atoms with van der Waals surface area (Å²) in [6.07, 6.45) is 1.11. The molecule has 0 fully saturated rings. The Balaban J connectivity index is 1.98. The lowest BCUT2D eigenvalue weighted by atomic mass is 10.0. The van der Waals surface area contributed by atoms with Crippen LogP contribution in [0.2, 0.25) is 0 Å². The molecule has 0 aliphatic carbocycles. The van der Waals surface area contributed by atoms with Gasteiger partial charge in [0, 0.05) is 48.1 Å². The molecule has 0 radical (unpaired) electrons. The second kappa shape index (κ2) is 7.17. The number of hydrogen-bond acceptors (Lipinski definition) is 3. The minimum Gasteiger partial charge on any atom is -0.358 e. The SMILES string of the molecule is CC(=O)NCCc1c(Cc2ccccc2[N+](=O)[O-])[nH]c2ccccc12. The van der Waals surface area contributed by atoms with Crippen molar-refractivity contribution in [1.29, 1.82) is 0 Å². The first-order valence-corrected chi connectivity index (χ1v) is 8.11. The molecule has 2 aromatic carbocycles. The number of H-pyrrole nitrogens is 1. The average molecular weight is 337 g/mol. The highest BCUT2D eigenvalue weighted by Gasteiger charge is 2.17. The number of nitrogens with zero attached hydrogens (tertiary/aromatic N) is 1. The quantitative estimate of drug-likeness (QED) is 0.534. The third-order valence-corrected chi connectivity index (χ3v) is 4.21. The van der Waals surface area contributed by atoms with Gasteiger partial charge in [-0.25, -0.2) is 0 Å². The van der Waals surface area contributed by atoms with E-state index in [4.69, 9.17) is 0 Å². The van der Waals surface area contributed by atoms with Crippen molar-refractivity contribution in [2.75, 3.05) is 6.54 Å². The van der Waals surface area contributed by atoms with Crippen LogP contribution >= 0.6 is 0 Å². The van der Waals surface area contributed by atoms with E-state index in [0.29, 0.717) is 24.9 Å². The standard InChI is InChI=1S/C19H19N3O3/c1-13(23)20-11-10-16-15-7-3-4-8-17(15)21-18(16)12-14-6-2-5-9-19(14)22(24)25/h2-9,21H,10-12H2,1H3,(H,20,23). The number of nitro groups is 1. The molecular formula is C19H19N3O3.